The topological polar surface area (TPSA) is 73.9 Å². The van der Waals surface area contributed by atoms with Crippen molar-refractivity contribution in [2.45, 2.75) is 19.3 Å². The van der Waals surface area contributed by atoms with Crippen molar-refractivity contribution in [3.63, 3.8) is 0 Å². The zero-order valence-corrected chi connectivity index (χ0v) is 14.0. The Morgan fingerprint density at radius 1 is 1.27 bits per heavy atom. The molecule has 1 unspecified atom stereocenters. The maximum atomic E-state index is 14.0. The number of carbonyl (C=O) groups excluding carboxylic acids is 2. The fourth-order valence-corrected chi connectivity index (χ4v) is 3.26. The Kier molecular flexibility index (Phi) is 3.99. The molecule has 0 saturated carbocycles. The number of hydrogen-bond acceptors (Lipinski definition) is 5. The highest BCUT2D eigenvalue weighted by Crippen LogP contribution is 2.39. The Labute approximate surface area is 148 Å². The van der Waals surface area contributed by atoms with Gasteiger partial charge in [-0.15, -0.1) is 0 Å². The number of nitrogens with one attached hydrogen (secondary N) is 1. The molecular weight excluding hydrogens is 341 g/mol. The van der Waals surface area contributed by atoms with E-state index < -0.39 is 11.7 Å². The van der Waals surface area contributed by atoms with Crippen LogP contribution in [0.3, 0.4) is 0 Å². The fourth-order valence-electron chi connectivity index (χ4n) is 3.26. The lowest BCUT2D eigenvalue weighted by atomic mass is 10.0. The van der Waals surface area contributed by atoms with Gasteiger partial charge in [-0.3, -0.25) is 9.59 Å². The molecule has 0 saturated heterocycles. The van der Waals surface area contributed by atoms with Gasteiger partial charge in [-0.05, 0) is 30.2 Å². The van der Waals surface area contributed by atoms with Crippen molar-refractivity contribution in [1.82, 2.24) is 0 Å². The molecule has 2 aromatic rings. The van der Waals surface area contributed by atoms with Gasteiger partial charge in [0.2, 0.25) is 6.79 Å². The quantitative estimate of drug-likeness (QED) is 0.909. The molecule has 0 radical (unpaired) electrons. The third-order valence-electron chi connectivity index (χ3n) is 4.43. The standard InChI is InChI=1S/C19H16FNO5/c1-10-6-13(22)19-15(5-3-12(20)18(10)19)24-8-17(23)21-11-2-4-14-16(7-11)26-9-25-14/h2-5,7,10H,6,8-9H2,1H3,(H,21,23). The Morgan fingerprint density at radius 2 is 2.08 bits per heavy atom. The van der Waals surface area contributed by atoms with Crippen molar-refractivity contribution >= 4 is 17.4 Å². The molecule has 2 aromatic carbocycles. The number of carbonyl (C=O) groups is 2. The number of rotatable bonds is 4. The number of halogens is 1. The monoisotopic (exact) mass is 357 g/mol. The molecule has 1 atom stereocenters. The van der Waals surface area contributed by atoms with Gasteiger partial charge in [0.05, 0.1) is 5.56 Å². The highest BCUT2D eigenvalue weighted by Gasteiger charge is 2.32. The van der Waals surface area contributed by atoms with Crippen LogP contribution in [-0.2, 0) is 4.79 Å². The largest absolute Gasteiger partial charge is 0.483 e. The Hall–Kier alpha value is -3.09. The molecule has 2 aliphatic rings. The lowest BCUT2D eigenvalue weighted by Crippen LogP contribution is -2.20. The zero-order valence-electron chi connectivity index (χ0n) is 14.0. The molecule has 1 amide bonds. The first-order valence-electron chi connectivity index (χ1n) is 8.21. The molecule has 0 aromatic heterocycles. The van der Waals surface area contributed by atoms with Crippen LogP contribution in [0.5, 0.6) is 17.2 Å². The predicted octanol–water partition coefficient (Wildman–Crippen LogP) is 3.26. The first kappa shape index (κ1) is 16.4. The first-order valence-corrected chi connectivity index (χ1v) is 8.21. The summed E-state index contributed by atoms with van der Waals surface area (Å²) < 4.78 is 29.9. The number of ether oxygens (including phenoxy) is 3. The summed E-state index contributed by atoms with van der Waals surface area (Å²) >= 11 is 0. The van der Waals surface area contributed by atoms with E-state index in [9.17, 15) is 14.0 Å². The van der Waals surface area contributed by atoms with Crippen LogP contribution in [-0.4, -0.2) is 25.1 Å². The summed E-state index contributed by atoms with van der Waals surface area (Å²) in [6.07, 6.45) is 0.246. The lowest BCUT2D eigenvalue weighted by molar-refractivity contribution is -0.118. The maximum absolute atomic E-state index is 14.0. The average molecular weight is 357 g/mol. The van der Waals surface area contributed by atoms with Gasteiger partial charge in [0, 0.05) is 23.7 Å². The van der Waals surface area contributed by atoms with Crippen molar-refractivity contribution < 1.29 is 28.2 Å². The van der Waals surface area contributed by atoms with Gasteiger partial charge in [-0.25, -0.2) is 4.39 Å². The number of hydrogen-bond donors (Lipinski definition) is 1. The molecule has 26 heavy (non-hydrogen) atoms. The maximum Gasteiger partial charge on any atom is 0.262 e. The molecule has 4 rings (SSSR count). The molecule has 1 N–H and O–H groups in total. The first-order chi connectivity index (χ1) is 12.5. The second kappa shape index (κ2) is 6.33. The van der Waals surface area contributed by atoms with Crippen LogP contribution in [0.1, 0.15) is 35.2 Å². The van der Waals surface area contributed by atoms with Gasteiger partial charge < -0.3 is 19.5 Å². The minimum Gasteiger partial charge on any atom is -0.483 e. The second-order valence-electron chi connectivity index (χ2n) is 6.27. The van der Waals surface area contributed by atoms with E-state index in [4.69, 9.17) is 14.2 Å². The van der Waals surface area contributed by atoms with Gasteiger partial charge in [-0.2, -0.15) is 0 Å². The van der Waals surface area contributed by atoms with E-state index in [1.165, 1.54) is 12.1 Å². The van der Waals surface area contributed by atoms with Gasteiger partial charge in [0.1, 0.15) is 11.6 Å². The Morgan fingerprint density at radius 3 is 2.92 bits per heavy atom. The van der Waals surface area contributed by atoms with Crippen LogP contribution in [0.25, 0.3) is 0 Å². The van der Waals surface area contributed by atoms with E-state index in [2.05, 4.69) is 5.32 Å². The van der Waals surface area contributed by atoms with Crippen molar-refractivity contribution in [2.24, 2.45) is 0 Å². The van der Waals surface area contributed by atoms with Gasteiger partial charge in [0.25, 0.3) is 5.91 Å². The summed E-state index contributed by atoms with van der Waals surface area (Å²) in [5.41, 5.74) is 1.15. The number of ketones is 1. The van der Waals surface area contributed by atoms with Gasteiger partial charge in [-0.1, -0.05) is 6.92 Å². The zero-order chi connectivity index (χ0) is 18.3. The summed E-state index contributed by atoms with van der Waals surface area (Å²) in [7, 11) is 0. The van der Waals surface area contributed by atoms with Gasteiger partial charge in [0.15, 0.2) is 23.9 Å². The molecular formula is C19H16FNO5. The summed E-state index contributed by atoms with van der Waals surface area (Å²) in [6.45, 7) is 1.65. The third kappa shape index (κ3) is 2.85. The summed E-state index contributed by atoms with van der Waals surface area (Å²) in [5.74, 6) is 0.225. The van der Waals surface area contributed by atoms with Crippen molar-refractivity contribution in [3.05, 3.63) is 47.3 Å². The summed E-state index contributed by atoms with van der Waals surface area (Å²) in [6, 6.07) is 7.69. The number of amides is 1. The minimum absolute atomic E-state index is 0.151. The molecule has 1 aliphatic heterocycles. The predicted molar refractivity (Wildman–Crippen MR) is 90.5 cm³/mol. The minimum atomic E-state index is -0.421. The second-order valence-corrected chi connectivity index (χ2v) is 6.27. The van der Waals surface area contributed by atoms with Crippen LogP contribution in [0.2, 0.25) is 0 Å². The van der Waals surface area contributed by atoms with Crippen molar-refractivity contribution in [1.29, 1.82) is 0 Å². The van der Waals surface area contributed by atoms with Crippen LogP contribution in [0, 0.1) is 5.82 Å². The van der Waals surface area contributed by atoms with E-state index in [0.29, 0.717) is 22.7 Å². The molecule has 0 bridgehead atoms. The normalized spacial score (nSPS) is 17.2. The van der Waals surface area contributed by atoms with Crippen LogP contribution < -0.4 is 19.5 Å². The smallest absolute Gasteiger partial charge is 0.262 e. The fraction of sp³-hybridized carbons (Fsp3) is 0.263. The van der Waals surface area contributed by atoms with Crippen molar-refractivity contribution in [2.75, 3.05) is 18.7 Å². The molecule has 1 aliphatic carbocycles. The Bertz CT molecular complexity index is 911. The average Bonchev–Trinajstić information content (AvgIpc) is 3.19. The third-order valence-corrected chi connectivity index (χ3v) is 4.43. The van der Waals surface area contributed by atoms with Crippen LogP contribution >= 0.6 is 0 Å². The van der Waals surface area contributed by atoms with Gasteiger partial charge >= 0.3 is 0 Å². The van der Waals surface area contributed by atoms with Crippen molar-refractivity contribution in [3.8, 4) is 17.2 Å². The SMILES string of the molecule is CC1CC(=O)c2c(OCC(=O)Nc3ccc4c(c3)OCO4)ccc(F)c21. The number of Topliss-reactive ketones (excluding diaryl/α,β-unsaturated/α-hetero) is 1. The van der Waals surface area contributed by atoms with Crippen LogP contribution in [0.15, 0.2) is 30.3 Å². The van der Waals surface area contributed by atoms with E-state index in [1.54, 1.807) is 25.1 Å². The van der Waals surface area contributed by atoms with E-state index >= 15 is 0 Å². The highest BCUT2D eigenvalue weighted by atomic mass is 19.1. The molecule has 134 valence electrons. The highest BCUT2D eigenvalue weighted by molar-refractivity contribution is 6.04. The number of fused-ring (bicyclic) bond motifs is 2. The van der Waals surface area contributed by atoms with Crippen LogP contribution in [0.4, 0.5) is 10.1 Å². The molecule has 1 heterocycles. The molecule has 6 nitrogen and oxygen atoms in total. The Balaban J connectivity index is 1.45. The van der Waals surface area contributed by atoms with E-state index in [0.717, 1.165) is 0 Å². The number of benzene rings is 2. The summed E-state index contributed by atoms with van der Waals surface area (Å²) in [4.78, 5) is 24.3. The molecule has 0 fully saturated rings. The molecule has 7 heteroatoms. The lowest BCUT2D eigenvalue weighted by Gasteiger charge is -2.12. The molecule has 0 spiro atoms. The summed E-state index contributed by atoms with van der Waals surface area (Å²) in [5, 5.41) is 2.68. The van der Waals surface area contributed by atoms with E-state index in [1.807, 2.05) is 0 Å². The van der Waals surface area contributed by atoms with E-state index in [-0.39, 0.29) is 42.8 Å². The number of anilines is 1.